The molecular weight excluding hydrogens is 349 g/mol. The van der Waals surface area contributed by atoms with Crippen LogP contribution in [0.4, 0.5) is 10.1 Å². The molecule has 2 N–H and O–H groups in total. The molecule has 0 bridgehead atoms. The van der Waals surface area contributed by atoms with Crippen molar-refractivity contribution in [2.45, 2.75) is 19.8 Å². The highest BCUT2D eigenvalue weighted by molar-refractivity contribution is 6.09. The molecule has 1 radical (unpaired) electrons. The Labute approximate surface area is 164 Å². The maximum absolute atomic E-state index is 13.5. The Bertz CT molecular complexity index is 1100. The summed E-state index contributed by atoms with van der Waals surface area (Å²) in [6.07, 6.45) is 8.57. The Kier molecular flexibility index (Phi) is 4.36. The molecule has 0 unspecified atom stereocenters. The third-order valence-corrected chi connectivity index (χ3v) is 5.75. The largest absolute Gasteiger partial charge is 0.360 e. The molecule has 5 rings (SSSR count). The van der Waals surface area contributed by atoms with Crippen LogP contribution in [-0.4, -0.2) is 23.8 Å². The van der Waals surface area contributed by atoms with Gasteiger partial charge in [-0.2, -0.15) is 0 Å². The Morgan fingerprint density at radius 3 is 2.68 bits per heavy atom. The zero-order chi connectivity index (χ0) is 19.1. The first-order chi connectivity index (χ1) is 13.7. The predicted molar refractivity (Wildman–Crippen MR) is 114 cm³/mol. The van der Waals surface area contributed by atoms with Gasteiger partial charge in [-0.05, 0) is 79.9 Å². The third-order valence-electron chi connectivity index (χ3n) is 5.75. The Morgan fingerprint density at radius 1 is 1.11 bits per heavy atom. The van der Waals surface area contributed by atoms with E-state index in [1.165, 1.54) is 23.4 Å². The number of H-pyrrole nitrogens is 1. The van der Waals surface area contributed by atoms with Crippen LogP contribution in [0, 0.1) is 25.1 Å². The Balaban J connectivity index is 1.49. The number of aryl methyl sites for hydroxylation is 1. The quantitative estimate of drug-likeness (QED) is 0.583. The van der Waals surface area contributed by atoms with Crippen LogP contribution in [0.2, 0.25) is 0 Å². The highest BCUT2D eigenvalue weighted by Crippen LogP contribution is 2.34. The fourth-order valence-electron chi connectivity index (χ4n) is 4.11. The standard InChI is InChI=1S/C24H23FN3/c1-15-12-18(21-14-27-23-13-19(25)5-6-20(21)23)4-7-22(15)28-24(16-2-3-16)17-8-10-26-11-9-17/h2-7,12-14,17,26-27H,8-11H2,1H3. The summed E-state index contributed by atoms with van der Waals surface area (Å²) >= 11 is 0. The molecule has 0 amide bonds. The number of hydrogen-bond donors (Lipinski definition) is 2. The van der Waals surface area contributed by atoms with Crippen LogP contribution in [0.3, 0.4) is 0 Å². The Hall–Kier alpha value is -2.72. The fraction of sp³-hybridized carbons (Fsp3) is 0.250. The molecule has 1 aliphatic carbocycles. The number of nitrogens with zero attached hydrogens (tertiary/aromatic N) is 1. The second-order valence-corrected chi connectivity index (χ2v) is 7.70. The SMILES string of the molecule is Cc1cc(-c2c[nH]c3cc(F)ccc23)ccc1N=C(C1=C[CH]1)C1CCNCC1. The van der Waals surface area contributed by atoms with Crippen LogP contribution in [0.15, 0.2) is 59.2 Å². The maximum Gasteiger partial charge on any atom is 0.125 e. The van der Waals surface area contributed by atoms with Gasteiger partial charge in [-0.25, -0.2) is 4.39 Å². The summed E-state index contributed by atoms with van der Waals surface area (Å²) in [5.41, 5.74) is 7.75. The predicted octanol–water partition coefficient (Wildman–Crippen LogP) is 5.50. The summed E-state index contributed by atoms with van der Waals surface area (Å²) in [4.78, 5) is 8.25. The lowest BCUT2D eigenvalue weighted by Crippen LogP contribution is -2.31. The number of aliphatic imine (C=N–C) groups is 1. The molecule has 2 heterocycles. The summed E-state index contributed by atoms with van der Waals surface area (Å²) in [5, 5.41) is 4.47. The first-order valence-electron chi connectivity index (χ1n) is 9.91. The minimum absolute atomic E-state index is 0.224. The van der Waals surface area contributed by atoms with Gasteiger partial charge >= 0.3 is 0 Å². The number of piperidine rings is 1. The molecule has 1 aliphatic heterocycles. The van der Waals surface area contributed by atoms with E-state index in [0.717, 1.165) is 59.2 Å². The third kappa shape index (κ3) is 3.29. The molecule has 1 aromatic heterocycles. The van der Waals surface area contributed by atoms with Gasteiger partial charge in [0, 0.05) is 40.7 Å². The van der Waals surface area contributed by atoms with E-state index in [1.807, 2.05) is 12.3 Å². The van der Waals surface area contributed by atoms with E-state index in [0.29, 0.717) is 5.92 Å². The van der Waals surface area contributed by atoms with Crippen molar-refractivity contribution in [2.24, 2.45) is 10.9 Å². The number of nitrogens with one attached hydrogen (secondary N) is 2. The van der Waals surface area contributed by atoms with E-state index >= 15 is 0 Å². The fourth-order valence-corrected chi connectivity index (χ4v) is 4.11. The number of allylic oxidation sites excluding steroid dienone is 2. The number of aromatic amines is 1. The molecule has 0 spiro atoms. The van der Waals surface area contributed by atoms with E-state index in [9.17, 15) is 4.39 Å². The second kappa shape index (κ2) is 7.02. The molecular formula is C24H23FN3. The van der Waals surface area contributed by atoms with Gasteiger partial charge in [0.25, 0.3) is 0 Å². The number of hydrogen-bond acceptors (Lipinski definition) is 2. The zero-order valence-corrected chi connectivity index (χ0v) is 15.9. The molecule has 2 aliphatic rings. The number of halogens is 1. The van der Waals surface area contributed by atoms with Crippen LogP contribution in [0.5, 0.6) is 0 Å². The lowest BCUT2D eigenvalue weighted by molar-refractivity contribution is 0.457. The van der Waals surface area contributed by atoms with Gasteiger partial charge in [0.2, 0.25) is 0 Å². The van der Waals surface area contributed by atoms with Crippen LogP contribution < -0.4 is 5.32 Å². The molecule has 1 fully saturated rings. The topological polar surface area (TPSA) is 40.2 Å². The van der Waals surface area contributed by atoms with Crippen molar-refractivity contribution < 1.29 is 4.39 Å². The van der Waals surface area contributed by atoms with Gasteiger partial charge in [0.15, 0.2) is 0 Å². The monoisotopic (exact) mass is 372 g/mol. The summed E-state index contributed by atoms with van der Waals surface area (Å²) in [6.45, 7) is 4.24. The van der Waals surface area contributed by atoms with Crippen LogP contribution in [0.25, 0.3) is 22.0 Å². The molecule has 4 heteroatoms. The molecule has 0 saturated carbocycles. The first kappa shape index (κ1) is 17.4. The lowest BCUT2D eigenvalue weighted by atomic mass is 9.91. The van der Waals surface area contributed by atoms with E-state index in [2.05, 4.69) is 47.9 Å². The summed E-state index contributed by atoms with van der Waals surface area (Å²) in [7, 11) is 0. The normalized spacial score (nSPS) is 17.8. The molecule has 3 nitrogen and oxygen atoms in total. The van der Waals surface area contributed by atoms with Crippen molar-refractivity contribution in [1.82, 2.24) is 10.3 Å². The number of fused-ring (bicyclic) bond motifs is 1. The maximum atomic E-state index is 13.5. The van der Waals surface area contributed by atoms with Gasteiger partial charge in [-0.15, -0.1) is 0 Å². The van der Waals surface area contributed by atoms with E-state index in [1.54, 1.807) is 0 Å². The summed E-state index contributed by atoms with van der Waals surface area (Å²) in [5.74, 6) is 0.312. The molecule has 28 heavy (non-hydrogen) atoms. The summed E-state index contributed by atoms with van der Waals surface area (Å²) < 4.78 is 13.5. The molecule has 2 aromatic carbocycles. The van der Waals surface area contributed by atoms with E-state index in [4.69, 9.17) is 4.99 Å². The average molecular weight is 372 g/mol. The highest BCUT2D eigenvalue weighted by atomic mass is 19.1. The molecule has 3 aromatic rings. The molecule has 1 saturated heterocycles. The average Bonchev–Trinajstić information content (AvgIpc) is 3.47. The van der Waals surface area contributed by atoms with Crippen molar-refractivity contribution in [1.29, 1.82) is 0 Å². The molecule has 0 atom stereocenters. The van der Waals surface area contributed by atoms with Crippen molar-refractivity contribution in [3.05, 3.63) is 72.0 Å². The van der Waals surface area contributed by atoms with E-state index in [-0.39, 0.29) is 5.82 Å². The lowest BCUT2D eigenvalue weighted by Gasteiger charge is -2.23. The highest BCUT2D eigenvalue weighted by Gasteiger charge is 2.26. The summed E-state index contributed by atoms with van der Waals surface area (Å²) in [6, 6.07) is 11.3. The van der Waals surface area contributed by atoms with Crippen LogP contribution in [-0.2, 0) is 0 Å². The van der Waals surface area contributed by atoms with Crippen molar-refractivity contribution in [3.8, 4) is 11.1 Å². The van der Waals surface area contributed by atoms with E-state index < -0.39 is 0 Å². The second-order valence-electron chi connectivity index (χ2n) is 7.70. The van der Waals surface area contributed by atoms with Crippen LogP contribution >= 0.6 is 0 Å². The minimum atomic E-state index is -0.224. The van der Waals surface area contributed by atoms with Gasteiger partial charge in [-0.1, -0.05) is 12.1 Å². The number of rotatable bonds is 4. The van der Waals surface area contributed by atoms with Gasteiger partial charge < -0.3 is 10.3 Å². The van der Waals surface area contributed by atoms with Crippen LogP contribution in [0.1, 0.15) is 18.4 Å². The van der Waals surface area contributed by atoms with Gasteiger partial charge in [0.1, 0.15) is 5.82 Å². The molecule has 141 valence electrons. The van der Waals surface area contributed by atoms with Crippen molar-refractivity contribution in [2.75, 3.05) is 13.1 Å². The zero-order valence-electron chi connectivity index (χ0n) is 15.9. The van der Waals surface area contributed by atoms with Crippen molar-refractivity contribution in [3.63, 3.8) is 0 Å². The van der Waals surface area contributed by atoms with Gasteiger partial charge in [0.05, 0.1) is 5.69 Å². The smallest absolute Gasteiger partial charge is 0.125 e. The minimum Gasteiger partial charge on any atom is -0.360 e. The van der Waals surface area contributed by atoms with Crippen molar-refractivity contribution >= 4 is 22.3 Å². The number of aromatic nitrogens is 1. The Morgan fingerprint density at radius 2 is 1.93 bits per heavy atom. The first-order valence-corrected chi connectivity index (χ1v) is 9.91. The number of benzene rings is 2. The van der Waals surface area contributed by atoms with Gasteiger partial charge in [-0.3, -0.25) is 4.99 Å².